The predicted molar refractivity (Wildman–Crippen MR) is 71.2 cm³/mol. The Kier molecular flexibility index (Phi) is 5.03. The SMILES string of the molecule is O=C(O)[C@@H]1CCC[C@H]1NS(=O)(=O)N1CCC(C(F)(F)F)CC1. The highest BCUT2D eigenvalue weighted by atomic mass is 32.2. The molecule has 0 bridgehead atoms. The van der Waals surface area contributed by atoms with Gasteiger partial charge in [-0.15, -0.1) is 0 Å². The average molecular weight is 344 g/mol. The van der Waals surface area contributed by atoms with Gasteiger partial charge in [0.05, 0.1) is 11.8 Å². The standard InChI is InChI=1S/C12H19F3N2O4S/c13-12(14,15)8-4-6-17(7-5-8)22(20,21)16-10-3-1-2-9(10)11(18)19/h8-10,16H,1-7H2,(H,18,19)/t9-,10-/m1/s1. The number of aliphatic carboxylic acids is 1. The molecule has 0 aromatic heterocycles. The zero-order valence-corrected chi connectivity index (χ0v) is 12.7. The number of carboxylic acids is 1. The minimum atomic E-state index is -4.30. The van der Waals surface area contributed by atoms with Crippen molar-refractivity contribution in [3.05, 3.63) is 0 Å². The summed E-state index contributed by atoms with van der Waals surface area (Å²) in [6, 6.07) is -0.692. The molecule has 1 aliphatic heterocycles. The number of nitrogens with zero attached hydrogens (tertiary/aromatic N) is 1. The zero-order chi connectivity index (χ0) is 16.5. The van der Waals surface area contributed by atoms with Gasteiger partial charge in [0.15, 0.2) is 0 Å². The van der Waals surface area contributed by atoms with Crippen molar-refractivity contribution in [1.82, 2.24) is 9.03 Å². The van der Waals surface area contributed by atoms with Gasteiger partial charge in [-0.25, -0.2) is 0 Å². The van der Waals surface area contributed by atoms with Gasteiger partial charge in [0.1, 0.15) is 0 Å². The van der Waals surface area contributed by atoms with Gasteiger partial charge in [0.2, 0.25) is 0 Å². The van der Waals surface area contributed by atoms with Gasteiger partial charge in [-0.2, -0.15) is 30.6 Å². The first-order valence-corrected chi connectivity index (χ1v) is 8.62. The lowest BCUT2D eigenvalue weighted by atomic mass is 9.98. The summed E-state index contributed by atoms with van der Waals surface area (Å²) in [6.45, 7) is -0.409. The fraction of sp³-hybridized carbons (Fsp3) is 0.917. The quantitative estimate of drug-likeness (QED) is 0.806. The maximum Gasteiger partial charge on any atom is 0.391 e. The van der Waals surface area contributed by atoms with Crippen molar-refractivity contribution in [2.24, 2.45) is 11.8 Å². The van der Waals surface area contributed by atoms with E-state index in [1.165, 1.54) is 0 Å². The number of nitrogens with one attached hydrogen (secondary N) is 1. The first-order chi connectivity index (χ1) is 10.1. The van der Waals surface area contributed by atoms with Crippen LogP contribution in [0.2, 0.25) is 0 Å². The normalized spacial score (nSPS) is 28.9. The molecule has 6 nitrogen and oxygen atoms in total. The smallest absolute Gasteiger partial charge is 0.391 e. The van der Waals surface area contributed by atoms with Crippen LogP contribution < -0.4 is 4.72 Å². The number of carbonyl (C=O) groups is 1. The summed E-state index contributed by atoms with van der Waals surface area (Å²) in [5.74, 6) is -3.30. The van der Waals surface area contributed by atoms with Gasteiger partial charge >= 0.3 is 12.1 Å². The Labute approximate surface area is 126 Å². The van der Waals surface area contributed by atoms with E-state index in [0.717, 1.165) is 4.31 Å². The fourth-order valence-electron chi connectivity index (χ4n) is 3.09. The minimum Gasteiger partial charge on any atom is -0.481 e. The maximum absolute atomic E-state index is 12.6. The molecule has 2 fully saturated rings. The molecule has 0 radical (unpaired) electrons. The lowest BCUT2D eigenvalue weighted by Gasteiger charge is -2.33. The number of halogens is 3. The van der Waals surface area contributed by atoms with Crippen molar-refractivity contribution < 1.29 is 31.5 Å². The Bertz CT molecular complexity index is 515. The van der Waals surface area contributed by atoms with Crippen LogP contribution in [0.1, 0.15) is 32.1 Å². The van der Waals surface area contributed by atoms with E-state index < -0.39 is 40.2 Å². The summed E-state index contributed by atoms with van der Waals surface area (Å²) in [4.78, 5) is 11.1. The molecule has 0 aromatic carbocycles. The van der Waals surface area contributed by atoms with Gasteiger partial charge in [0, 0.05) is 19.1 Å². The van der Waals surface area contributed by atoms with Gasteiger partial charge < -0.3 is 5.11 Å². The van der Waals surface area contributed by atoms with Crippen LogP contribution in [0.15, 0.2) is 0 Å². The van der Waals surface area contributed by atoms with Crippen LogP contribution >= 0.6 is 0 Å². The lowest BCUT2D eigenvalue weighted by molar-refractivity contribution is -0.182. The van der Waals surface area contributed by atoms with E-state index in [1.54, 1.807) is 0 Å². The van der Waals surface area contributed by atoms with Crippen molar-refractivity contribution in [1.29, 1.82) is 0 Å². The summed E-state index contributed by atoms with van der Waals surface area (Å²) in [6.07, 6.45) is -3.40. The van der Waals surface area contributed by atoms with Crippen LogP contribution in [0.5, 0.6) is 0 Å². The van der Waals surface area contributed by atoms with E-state index in [9.17, 15) is 26.4 Å². The fourth-order valence-corrected chi connectivity index (χ4v) is 4.59. The topological polar surface area (TPSA) is 86.7 Å². The third-order valence-electron chi connectivity index (χ3n) is 4.39. The van der Waals surface area contributed by atoms with Crippen molar-refractivity contribution in [2.45, 2.75) is 44.3 Å². The summed E-state index contributed by atoms with van der Waals surface area (Å²) < 4.78 is 65.5. The number of carboxylic acid groups (broad SMARTS) is 1. The van der Waals surface area contributed by atoms with E-state index in [0.29, 0.717) is 19.3 Å². The number of hydrogen-bond acceptors (Lipinski definition) is 3. The van der Waals surface area contributed by atoms with Crippen LogP contribution in [-0.2, 0) is 15.0 Å². The van der Waals surface area contributed by atoms with Crippen LogP contribution in [-0.4, -0.2) is 49.1 Å². The summed E-state index contributed by atoms with van der Waals surface area (Å²) >= 11 is 0. The molecule has 0 unspecified atom stereocenters. The Morgan fingerprint density at radius 2 is 1.73 bits per heavy atom. The first kappa shape index (κ1) is 17.5. The average Bonchev–Trinajstić information content (AvgIpc) is 2.85. The lowest BCUT2D eigenvalue weighted by Crippen LogP contribution is -2.51. The Morgan fingerprint density at radius 1 is 1.14 bits per heavy atom. The molecule has 1 saturated heterocycles. The minimum absolute atomic E-state index is 0.204. The van der Waals surface area contributed by atoms with E-state index in [2.05, 4.69) is 4.72 Å². The highest BCUT2D eigenvalue weighted by Crippen LogP contribution is 2.35. The van der Waals surface area contributed by atoms with E-state index in [4.69, 9.17) is 5.11 Å². The highest BCUT2D eigenvalue weighted by molar-refractivity contribution is 7.87. The highest BCUT2D eigenvalue weighted by Gasteiger charge is 2.44. The van der Waals surface area contributed by atoms with E-state index >= 15 is 0 Å². The number of rotatable bonds is 4. The third-order valence-corrected chi connectivity index (χ3v) is 6.04. The van der Waals surface area contributed by atoms with Gasteiger partial charge in [-0.3, -0.25) is 4.79 Å². The Morgan fingerprint density at radius 3 is 2.23 bits per heavy atom. The molecule has 2 rings (SSSR count). The largest absolute Gasteiger partial charge is 0.481 e. The monoisotopic (exact) mass is 344 g/mol. The molecule has 2 atom stereocenters. The third kappa shape index (κ3) is 3.90. The molecule has 1 aliphatic carbocycles. The predicted octanol–water partition coefficient (Wildman–Crippen LogP) is 1.35. The molecule has 0 spiro atoms. The number of alkyl halides is 3. The summed E-state index contributed by atoms with van der Waals surface area (Å²) in [5.41, 5.74) is 0. The first-order valence-electron chi connectivity index (χ1n) is 7.18. The van der Waals surface area contributed by atoms with Crippen molar-refractivity contribution in [3.63, 3.8) is 0 Å². The Hall–Kier alpha value is -0.870. The van der Waals surface area contributed by atoms with Gasteiger partial charge in [0.25, 0.3) is 10.2 Å². The maximum atomic E-state index is 12.6. The second kappa shape index (κ2) is 6.32. The molecule has 2 aliphatic rings. The second-order valence-electron chi connectivity index (χ2n) is 5.82. The molecular formula is C12H19F3N2O4S. The zero-order valence-electron chi connectivity index (χ0n) is 11.8. The van der Waals surface area contributed by atoms with Gasteiger partial charge in [-0.05, 0) is 25.7 Å². The van der Waals surface area contributed by atoms with Crippen LogP contribution in [0.25, 0.3) is 0 Å². The number of piperidine rings is 1. The van der Waals surface area contributed by atoms with Crippen LogP contribution in [0, 0.1) is 11.8 Å². The second-order valence-corrected chi connectivity index (χ2v) is 7.52. The molecule has 1 heterocycles. The summed E-state index contributed by atoms with van der Waals surface area (Å²) in [5, 5.41) is 9.04. The molecule has 10 heteroatoms. The van der Waals surface area contributed by atoms with E-state index in [1.807, 2.05) is 0 Å². The molecule has 2 N–H and O–H groups in total. The summed E-state index contributed by atoms with van der Waals surface area (Å²) in [7, 11) is -3.95. The molecular weight excluding hydrogens is 325 g/mol. The van der Waals surface area contributed by atoms with E-state index in [-0.39, 0.29) is 25.9 Å². The molecule has 0 aromatic rings. The Balaban J connectivity index is 1.96. The molecule has 22 heavy (non-hydrogen) atoms. The van der Waals surface area contributed by atoms with Crippen LogP contribution in [0.4, 0.5) is 13.2 Å². The van der Waals surface area contributed by atoms with Gasteiger partial charge in [-0.1, -0.05) is 6.42 Å². The molecule has 0 amide bonds. The van der Waals surface area contributed by atoms with Crippen LogP contribution in [0.3, 0.4) is 0 Å². The molecule has 128 valence electrons. The van der Waals surface area contributed by atoms with Crippen molar-refractivity contribution >= 4 is 16.2 Å². The number of hydrogen-bond donors (Lipinski definition) is 2. The van der Waals surface area contributed by atoms with Crippen molar-refractivity contribution in [2.75, 3.05) is 13.1 Å². The molecule has 1 saturated carbocycles. The van der Waals surface area contributed by atoms with Crippen molar-refractivity contribution in [3.8, 4) is 0 Å².